The van der Waals surface area contributed by atoms with E-state index in [1.165, 1.54) is 70.8 Å². The van der Waals surface area contributed by atoms with Crippen LogP contribution in [-0.2, 0) is 0 Å². The highest BCUT2D eigenvalue weighted by Crippen LogP contribution is 2.08. The number of nitrogens with one attached hydrogen (secondary N) is 1. The van der Waals surface area contributed by atoms with Gasteiger partial charge in [-0.2, -0.15) is 0 Å². The van der Waals surface area contributed by atoms with Crippen LogP contribution in [0.3, 0.4) is 0 Å². The number of hydrogen-bond acceptors (Lipinski definition) is 1. The van der Waals surface area contributed by atoms with Gasteiger partial charge in [-0.1, -0.05) is 74.7 Å². The van der Waals surface area contributed by atoms with Crippen LogP contribution in [0, 0.1) is 0 Å². The summed E-state index contributed by atoms with van der Waals surface area (Å²) in [7, 11) is 0. The Balaban J connectivity index is 3.11. The van der Waals surface area contributed by atoms with Gasteiger partial charge < -0.3 is 5.32 Å². The average molecular weight is 306 g/mol. The molecule has 0 bridgehead atoms. The predicted octanol–water partition coefficient (Wildman–Crippen LogP) is 5.28. The van der Waals surface area contributed by atoms with Crippen molar-refractivity contribution in [2.24, 2.45) is 0 Å². The van der Waals surface area contributed by atoms with E-state index in [0.717, 1.165) is 11.4 Å². The van der Waals surface area contributed by atoms with Gasteiger partial charge in [0.2, 0.25) is 0 Å². The smallest absolute Gasteiger partial charge is 0.00723 e. The van der Waals surface area contributed by atoms with Crippen LogP contribution < -0.4 is 5.32 Å². The maximum atomic E-state index is 3.65. The summed E-state index contributed by atoms with van der Waals surface area (Å²) in [6.07, 6.45) is 13.8. The second-order valence-corrected chi connectivity index (χ2v) is 5.80. The van der Waals surface area contributed by atoms with Gasteiger partial charge in [0.1, 0.15) is 0 Å². The van der Waals surface area contributed by atoms with E-state index in [1.54, 1.807) is 0 Å². The van der Waals surface area contributed by atoms with Crippen LogP contribution in [0.2, 0.25) is 0 Å². The third-order valence-corrected chi connectivity index (χ3v) is 3.87. The van der Waals surface area contributed by atoms with Gasteiger partial charge in [-0.3, -0.25) is 0 Å². The van der Waals surface area contributed by atoms with Crippen molar-refractivity contribution in [3.63, 3.8) is 0 Å². The molecule has 0 aromatic carbocycles. The van der Waals surface area contributed by atoms with Crippen molar-refractivity contribution in [1.82, 2.24) is 5.32 Å². The largest absolute Gasteiger partial charge is 0.314 e. The fourth-order valence-corrected chi connectivity index (χ4v) is 2.70. The molecule has 0 heterocycles. The molecule has 0 aliphatic rings. The zero-order chi connectivity index (χ0) is 12.8. The van der Waals surface area contributed by atoms with Crippen LogP contribution in [0.5, 0.6) is 0 Å². The second kappa shape index (κ2) is 14.5. The Morgan fingerprint density at radius 1 is 0.882 bits per heavy atom. The molecule has 1 atom stereocenters. The van der Waals surface area contributed by atoms with Gasteiger partial charge in [0.15, 0.2) is 0 Å². The van der Waals surface area contributed by atoms with Crippen molar-refractivity contribution in [3.8, 4) is 0 Å². The van der Waals surface area contributed by atoms with Crippen molar-refractivity contribution >= 4 is 15.9 Å². The molecule has 0 fully saturated rings. The first-order valence-corrected chi connectivity index (χ1v) is 8.76. The summed E-state index contributed by atoms with van der Waals surface area (Å²) in [4.78, 5) is 0. The molecule has 0 spiro atoms. The first-order valence-electron chi connectivity index (χ1n) is 7.64. The fourth-order valence-electron chi connectivity index (χ4n) is 2.15. The fraction of sp³-hybridized carbons (Fsp3) is 1.00. The number of alkyl halides is 1. The zero-order valence-electron chi connectivity index (χ0n) is 11.9. The molecule has 17 heavy (non-hydrogen) atoms. The van der Waals surface area contributed by atoms with Crippen LogP contribution >= 0.6 is 15.9 Å². The first-order chi connectivity index (χ1) is 8.35. The van der Waals surface area contributed by atoms with Crippen LogP contribution in [0.1, 0.15) is 78.1 Å². The third kappa shape index (κ3) is 12.7. The summed E-state index contributed by atoms with van der Waals surface area (Å²) in [5.74, 6) is 0. The van der Waals surface area contributed by atoms with Crippen molar-refractivity contribution in [1.29, 1.82) is 0 Å². The van der Waals surface area contributed by atoms with Gasteiger partial charge in [0, 0.05) is 11.4 Å². The molecule has 104 valence electrons. The van der Waals surface area contributed by atoms with Crippen LogP contribution in [0.15, 0.2) is 0 Å². The quantitative estimate of drug-likeness (QED) is 0.360. The van der Waals surface area contributed by atoms with E-state index in [9.17, 15) is 0 Å². The van der Waals surface area contributed by atoms with Gasteiger partial charge in [0.25, 0.3) is 0 Å². The molecule has 0 aromatic heterocycles. The molecule has 0 aliphatic carbocycles. The number of rotatable bonds is 13. The molecular formula is C15H32BrN. The molecule has 0 rings (SSSR count). The monoisotopic (exact) mass is 305 g/mol. The lowest BCUT2D eigenvalue weighted by Crippen LogP contribution is -2.29. The summed E-state index contributed by atoms with van der Waals surface area (Å²) in [5, 5.41) is 4.77. The van der Waals surface area contributed by atoms with E-state index < -0.39 is 0 Å². The molecule has 2 heteroatoms. The highest BCUT2D eigenvalue weighted by Gasteiger charge is 2.02. The minimum atomic E-state index is 0.721. The third-order valence-electron chi connectivity index (χ3n) is 3.41. The van der Waals surface area contributed by atoms with Gasteiger partial charge in [0.05, 0.1) is 0 Å². The second-order valence-electron chi connectivity index (χ2n) is 5.01. The maximum Gasteiger partial charge on any atom is 0.00723 e. The Bertz CT molecular complexity index is 139. The van der Waals surface area contributed by atoms with Gasteiger partial charge >= 0.3 is 0 Å². The Labute approximate surface area is 117 Å². The van der Waals surface area contributed by atoms with Crippen LogP contribution in [0.25, 0.3) is 0 Å². The molecule has 0 aromatic rings. The van der Waals surface area contributed by atoms with Crippen LogP contribution in [-0.4, -0.2) is 17.9 Å². The summed E-state index contributed by atoms with van der Waals surface area (Å²) in [6.45, 7) is 5.76. The average Bonchev–Trinajstić information content (AvgIpc) is 2.35. The standard InChI is InChI=1S/C15H32BrN/c1-3-5-6-7-8-9-10-11-14-17-15(4-2)12-13-16/h15,17H,3-14H2,1-2H3. The molecule has 0 amide bonds. The number of hydrogen-bond donors (Lipinski definition) is 1. The van der Waals surface area contributed by atoms with E-state index in [0.29, 0.717) is 0 Å². The topological polar surface area (TPSA) is 12.0 Å². The van der Waals surface area contributed by atoms with E-state index in [4.69, 9.17) is 0 Å². The molecule has 1 nitrogen and oxygen atoms in total. The Kier molecular flexibility index (Phi) is 14.9. The summed E-state index contributed by atoms with van der Waals surface area (Å²) >= 11 is 3.51. The molecule has 0 saturated heterocycles. The highest BCUT2D eigenvalue weighted by molar-refractivity contribution is 9.09. The summed E-state index contributed by atoms with van der Waals surface area (Å²) in [6, 6.07) is 0.721. The molecule has 1 unspecified atom stereocenters. The molecule has 0 aliphatic heterocycles. The van der Waals surface area contributed by atoms with Gasteiger partial charge in [-0.15, -0.1) is 0 Å². The van der Waals surface area contributed by atoms with Crippen LogP contribution in [0.4, 0.5) is 0 Å². The number of halogens is 1. The lowest BCUT2D eigenvalue weighted by molar-refractivity contribution is 0.469. The normalized spacial score (nSPS) is 12.9. The van der Waals surface area contributed by atoms with Crippen molar-refractivity contribution in [2.75, 3.05) is 11.9 Å². The van der Waals surface area contributed by atoms with E-state index in [2.05, 4.69) is 35.1 Å². The maximum absolute atomic E-state index is 3.65. The summed E-state index contributed by atoms with van der Waals surface area (Å²) < 4.78 is 0. The molecule has 0 saturated carbocycles. The minimum Gasteiger partial charge on any atom is -0.314 e. The van der Waals surface area contributed by atoms with E-state index >= 15 is 0 Å². The van der Waals surface area contributed by atoms with E-state index in [1.807, 2.05) is 0 Å². The summed E-state index contributed by atoms with van der Waals surface area (Å²) in [5.41, 5.74) is 0. The predicted molar refractivity (Wildman–Crippen MR) is 83.1 cm³/mol. The Morgan fingerprint density at radius 3 is 2.00 bits per heavy atom. The Morgan fingerprint density at radius 2 is 1.47 bits per heavy atom. The van der Waals surface area contributed by atoms with Gasteiger partial charge in [-0.25, -0.2) is 0 Å². The lowest BCUT2D eigenvalue weighted by atomic mass is 10.1. The highest BCUT2D eigenvalue weighted by atomic mass is 79.9. The van der Waals surface area contributed by atoms with Gasteiger partial charge in [-0.05, 0) is 25.8 Å². The van der Waals surface area contributed by atoms with Crippen molar-refractivity contribution in [2.45, 2.75) is 84.1 Å². The number of unbranched alkanes of at least 4 members (excludes halogenated alkanes) is 7. The first kappa shape index (κ1) is 17.4. The Hall–Kier alpha value is 0.440. The van der Waals surface area contributed by atoms with Crippen molar-refractivity contribution < 1.29 is 0 Å². The molecule has 0 radical (unpaired) electrons. The molecular weight excluding hydrogens is 274 g/mol. The van der Waals surface area contributed by atoms with E-state index in [-0.39, 0.29) is 0 Å². The molecule has 1 N–H and O–H groups in total. The SMILES string of the molecule is CCCCCCCCCCNC(CC)CCBr. The van der Waals surface area contributed by atoms with Crippen molar-refractivity contribution in [3.05, 3.63) is 0 Å². The lowest BCUT2D eigenvalue weighted by Gasteiger charge is -2.15. The zero-order valence-corrected chi connectivity index (χ0v) is 13.5. The minimum absolute atomic E-state index is 0.721.